The molecule has 2 aromatic heterocycles. The van der Waals surface area contributed by atoms with E-state index in [1.807, 2.05) is 0 Å². The molecule has 32 heavy (non-hydrogen) atoms. The van der Waals surface area contributed by atoms with Crippen LogP contribution in [0.4, 0.5) is 20.5 Å². The monoisotopic (exact) mass is 444 g/mol. The first-order valence-electron chi connectivity index (χ1n) is 11.0. The summed E-state index contributed by atoms with van der Waals surface area (Å²) < 4.78 is 34.7. The molecule has 0 bridgehead atoms. The summed E-state index contributed by atoms with van der Waals surface area (Å²) in [7, 11) is 0. The van der Waals surface area contributed by atoms with E-state index >= 15 is 0 Å². The second-order valence-corrected chi connectivity index (χ2v) is 8.25. The molecule has 5 rings (SSSR count). The van der Waals surface area contributed by atoms with Gasteiger partial charge in [0.05, 0.1) is 30.4 Å². The highest BCUT2D eigenvalue weighted by molar-refractivity contribution is 5.78. The molecule has 1 aliphatic carbocycles. The van der Waals surface area contributed by atoms with Gasteiger partial charge >= 0.3 is 0 Å². The minimum absolute atomic E-state index is 0.125. The fraction of sp³-hybridized carbons (Fsp3) is 0.500. The highest BCUT2D eigenvalue weighted by atomic mass is 19.3. The molecule has 0 amide bonds. The van der Waals surface area contributed by atoms with Crippen LogP contribution >= 0.6 is 0 Å². The normalized spacial score (nSPS) is 21.9. The van der Waals surface area contributed by atoms with Gasteiger partial charge in [0, 0.05) is 25.2 Å². The van der Waals surface area contributed by atoms with Gasteiger partial charge in [0.15, 0.2) is 5.82 Å². The fourth-order valence-electron chi connectivity index (χ4n) is 4.39. The average Bonchev–Trinajstić information content (AvgIpc) is 3.21. The van der Waals surface area contributed by atoms with Gasteiger partial charge in [-0.2, -0.15) is 9.97 Å². The Morgan fingerprint density at radius 2 is 1.72 bits per heavy atom. The van der Waals surface area contributed by atoms with Gasteiger partial charge in [0.25, 0.3) is 6.43 Å². The summed E-state index contributed by atoms with van der Waals surface area (Å²) in [6, 6.07) is 8.92. The topological polar surface area (TPSA) is 88.3 Å². The van der Waals surface area contributed by atoms with Crippen LogP contribution in [0.3, 0.4) is 0 Å². The van der Waals surface area contributed by atoms with Crippen molar-refractivity contribution in [2.45, 2.75) is 44.3 Å². The number of hydrogen-bond donors (Lipinski definition) is 2. The second kappa shape index (κ2) is 8.95. The molecule has 1 saturated carbocycles. The van der Waals surface area contributed by atoms with Gasteiger partial charge in [-0.05, 0) is 37.8 Å². The Kier molecular flexibility index (Phi) is 5.88. The van der Waals surface area contributed by atoms with Crippen molar-refractivity contribution in [3.63, 3.8) is 0 Å². The molecule has 1 aliphatic heterocycles. The first-order chi connectivity index (χ1) is 15.6. The largest absolute Gasteiger partial charge is 0.393 e. The SMILES string of the molecule is O[C@H]1CC[C@H](Nc2nc(N3CCOCC3)cc(-n3c(C(F)F)nc4ccccc43)n2)CC1. The van der Waals surface area contributed by atoms with E-state index in [2.05, 4.69) is 20.2 Å². The zero-order valence-electron chi connectivity index (χ0n) is 17.6. The summed E-state index contributed by atoms with van der Waals surface area (Å²) in [5, 5.41) is 13.2. The maximum atomic E-state index is 13.9. The number of rotatable bonds is 5. The number of aliphatic hydroxyl groups is 1. The van der Waals surface area contributed by atoms with E-state index in [9.17, 15) is 13.9 Å². The molecule has 170 valence electrons. The number of fused-ring (bicyclic) bond motifs is 1. The van der Waals surface area contributed by atoms with Crippen LogP contribution in [-0.2, 0) is 4.74 Å². The molecule has 0 radical (unpaired) electrons. The molecule has 10 heteroatoms. The van der Waals surface area contributed by atoms with E-state index in [1.54, 1.807) is 30.3 Å². The van der Waals surface area contributed by atoms with Crippen molar-refractivity contribution in [3.05, 3.63) is 36.2 Å². The number of morpholine rings is 1. The lowest BCUT2D eigenvalue weighted by Gasteiger charge is -2.29. The third-order valence-electron chi connectivity index (χ3n) is 6.08. The quantitative estimate of drug-likeness (QED) is 0.624. The first kappa shape index (κ1) is 21.0. The van der Waals surface area contributed by atoms with Crippen LogP contribution in [0.2, 0.25) is 0 Å². The standard InChI is InChI=1S/C22H26F2N6O2/c23-20(24)21-26-16-3-1-2-4-17(16)30(21)19-13-18(29-9-11-32-12-10-29)27-22(28-19)25-14-5-7-15(31)8-6-14/h1-4,13-15,20,31H,5-12H2,(H,25,27,28)/t14-,15-. The predicted molar refractivity (Wildman–Crippen MR) is 117 cm³/mol. The maximum Gasteiger partial charge on any atom is 0.296 e. The first-order valence-corrected chi connectivity index (χ1v) is 11.0. The smallest absolute Gasteiger partial charge is 0.296 e. The predicted octanol–water partition coefficient (Wildman–Crippen LogP) is 3.31. The van der Waals surface area contributed by atoms with E-state index in [0.29, 0.717) is 54.9 Å². The highest BCUT2D eigenvalue weighted by Crippen LogP contribution is 2.30. The van der Waals surface area contributed by atoms with Crippen molar-refractivity contribution in [1.82, 2.24) is 19.5 Å². The van der Waals surface area contributed by atoms with Crippen molar-refractivity contribution >= 4 is 22.8 Å². The number of imidazole rings is 1. The van der Waals surface area contributed by atoms with Crippen LogP contribution in [0.1, 0.15) is 37.9 Å². The molecule has 2 fully saturated rings. The molecule has 2 N–H and O–H groups in total. The van der Waals surface area contributed by atoms with Crippen molar-refractivity contribution in [3.8, 4) is 5.82 Å². The molecule has 0 unspecified atom stereocenters. The summed E-state index contributed by atoms with van der Waals surface area (Å²) in [5.74, 6) is 1.06. The Labute approximate surface area is 184 Å². The lowest BCUT2D eigenvalue weighted by molar-refractivity contribution is 0.122. The number of hydrogen-bond acceptors (Lipinski definition) is 7. The van der Waals surface area contributed by atoms with E-state index < -0.39 is 6.43 Å². The van der Waals surface area contributed by atoms with Crippen LogP contribution < -0.4 is 10.2 Å². The summed E-state index contributed by atoms with van der Waals surface area (Å²) in [5.41, 5.74) is 1.06. The van der Waals surface area contributed by atoms with Crippen LogP contribution in [0.15, 0.2) is 30.3 Å². The Hall–Kier alpha value is -2.85. The number of nitrogens with zero attached hydrogens (tertiary/aromatic N) is 5. The molecule has 8 nitrogen and oxygen atoms in total. The lowest BCUT2D eigenvalue weighted by atomic mass is 9.93. The van der Waals surface area contributed by atoms with Crippen LogP contribution in [0.5, 0.6) is 0 Å². The third kappa shape index (κ3) is 4.24. The Morgan fingerprint density at radius 1 is 1.00 bits per heavy atom. The van der Waals surface area contributed by atoms with Crippen LogP contribution in [0.25, 0.3) is 16.9 Å². The van der Waals surface area contributed by atoms with Crippen LogP contribution in [0, 0.1) is 0 Å². The number of para-hydroxylation sites is 2. The van der Waals surface area contributed by atoms with Crippen molar-refractivity contribution < 1.29 is 18.6 Å². The number of benzene rings is 1. The number of aliphatic hydroxyl groups excluding tert-OH is 1. The van der Waals surface area contributed by atoms with Crippen molar-refractivity contribution in [2.75, 3.05) is 36.5 Å². The van der Waals surface area contributed by atoms with Crippen LogP contribution in [-0.4, -0.2) is 63.1 Å². The molecule has 1 aromatic carbocycles. The van der Waals surface area contributed by atoms with Gasteiger partial charge < -0.3 is 20.1 Å². The zero-order valence-corrected chi connectivity index (χ0v) is 17.6. The Morgan fingerprint density at radius 3 is 2.47 bits per heavy atom. The molecular formula is C22H26F2N6O2. The Bertz CT molecular complexity index is 1080. The molecular weight excluding hydrogens is 418 g/mol. The summed E-state index contributed by atoms with van der Waals surface area (Å²) in [6.07, 6.45) is 0.0243. The third-order valence-corrected chi connectivity index (χ3v) is 6.08. The van der Waals surface area contributed by atoms with E-state index in [1.165, 1.54) is 4.57 Å². The molecule has 3 heterocycles. The number of halogens is 2. The molecule has 0 spiro atoms. The second-order valence-electron chi connectivity index (χ2n) is 8.25. The molecule has 1 saturated heterocycles. The molecule has 0 atom stereocenters. The van der Waals surface area contributed by atoms with E-state index in [0.717, 1.165) is 25.7 Å². The summed E-state index contributed by atoms with van der Waals surface area (Å²) >= 11 is 0. The number of alkyl halides is 2. The van der Waals surface area contributed by atoms with Gasteiger partial charge in [-0.1, -0.05) is 12.1 Å². The van der Waals surface area contributed by atoms with E-state index in [-0.39, 0.29) is 18.0 Å². The highest BCUT2D eigenvalue weighted by Gasteiger charge is 2.25. The van der Waals surface area contributed by atoms with Gasteiger partial charge in [-0.3, -0.25) is 4.57 Å². The molecule has 3 aromatic rings. The number of ether oxygens (including phenoxy) is 1. The van der Waals surface area contributed by atoms with E-state index in [4.69, 9.17) is 9.72 Å². The number of aromatic nitrogens is 4. The fourth-order valence-corrected chi connectivity index (χ4v) is 4.39. The van der Waals surface area contributed by atoms with Gasteiger partial charge in [-0.25, -0.2) is 13.8 Å². The lowest BCUT2D eigenvalue weighted by Crippen LogP contribution is -2.37. The Balaban J connectivity index is 1.58. The summed E-state index contributed by atoms with van der Waals surface area (Å²) in [4.78, 5) is 15.6. The number of nitrogens with one attached hydrogen (secondary N) is 1. The van der Waals surface area contributed by atoms with Gasteiger partial charge in [0.2, 0.25) is 5.95 Å². The molecule has 2 aliphatic rings. The summed E-state index contributed by atoms with van der Waals surface area (Å²) in [6.45, 7) is 2.49. The number of anilines is 2. The average molecular weight is 444 g/mol. The van der Waals surface area contributed by atoms with Crippen molar-refractivity contribution in [2.24, 2.45) is 0 Å². The van der Waals surface area contributed by atoms with Crippen molar-refractivity contribution in [1.29, 1.82) is 0 Å². The van der Waals surface area contributed by atoms with Gasteiger partial charge in [0.1, 0.15) is 11.6 Å². The maximum absolute atomic E-state index is 13.9. The minimum atomic E-state index is -2.75. The van der Waals surface area contributed by atoms with Gasteiger partial charge in [-0.15, -0.1) is 0 Å². The zero-order chi connectivity index (χ0) is 22.1. The minimum Gasteiger partial charge on any atom is -0.393 e.